The van der Waals surface area contributed by atoms with Gasteiger partial charge >= 0.3 is 5.69 Å². The van der Waals surface area contributed by atoms with Gasteiger partial charge in [0.1, 0.15) is 5.75 Å². The van der Waals surface area contributed by atoms with Gasteiger partial charge < -0.3 is 4.74 Å². The van der Waals surface area contributed by atoms with Crippen molar-refractivity contribution in [3.8, 4) is 11.4 Å². The highest BCUT2D eigenvalue weighted by Crippen LogP contribution is 2.33. The van der Waals surface area contributed by atoms with Gasteiger partial charge in [-0.1, -0.05) is 37.1 Å². The smallest absolute Gasteiger partial charge is 0.333 e. The molecular weight excluding hydrogens is 324 g/mol. The second-order valence-electron chi connectivity index (χ2n) is 7.00. The molecular formula is C22H24N2O2. The normalized spacial score (nSPS) is 14.7. The standard InChI is InChI=1S/C22H24N2O2/c1-26-21-12-10-20(11-13-21)24-15-14-23(22(24)25)16-17-6-8-19(9-7-17)18-4-2-3-5-18/h6-15,18H,2-5,16H2,1H3. The van der Waals surface area contributed by atoms with Gasteiger partial charge in [0.2, 0.25) is 0 Å². The highest BCUT2D eigenvalue weighted by molar-refractivity contribution is 5.37. The van der Waals surface area contributed by atoms with E-state index in [9.17, 15) is 4.79 Å². The molecule has 0 amide bonds. The van der Waals surface area contributed by atoms with Gasteiger partial charge in [-0.15, -0.1) is 0 Å². The Labute approximate surface area is 153 Å². The molecule has 0 aliphatic heterocycles. The predicted octanol–water partition coefficient (Wildman–Crippen LogP) is 4.35. The van der Waals surface area contributed by atoms with Crippen molar-refractivity contribution in [3.05, 3.63) is 82.5 Å². The third-order valence-corrected chi connectivity index (χ3v) is 5.36. The van der Waals surface area contributed by atoms with E-state index in [2.05, 4.69) is 24.3 Å². The van der Waals surface area contributed by atoms with Crippen LogP contribution in [0.25, 0.3) is 5.69 Å². The van der Waals surface area contributed by atoms with Gasteiger partial charge in [-0.2, -0.15) is 0 Å². The number of benzene rings is 2. The van der Waals surface area contributed by atoms with Crippen molar-refractivity contribution < 1.29 is 4.74 Å². The average molecular weight is 348 g/mol. The third-order valence-electron chi connectivity index (χ3n) is 5.36. The van der Waals surface area contributed by atoms with E-state index >= 15 is 0 Å². The maximum Gasteiger partial charge on any atom is 0.333 e. The maximum atomic E-state index is 12.7. The second-order valence-corrected chi connectivity index (χ2v) is 7.00. The first-order chi connectivity index (χ1) is 12.7. The first-order valence-electron chi connectivity index (χ1n) is 9.25. The predicted molar refractivity (Wildman–Crippen MR) is 103 cm³/mol. The number of nitrogens with zero attached hydrogens (tertiary/aromatic N) is 2. The number of aromatic nitrogens is 2. The Morgan fingerprint density at radius 1 is 0.962 bits per heavy atom. The molecule has 1 heterocycles. The summed E-state index contributed by atoms with van der Waals surface area (Å²) in [5.74, 6) is 1.51. The van der Waals surface area contributed by atoms with Crippen molar-refractivity contribution in [2.75, 3.05) is 7.11 Å². The van der Waals surface area contributed by atoms with E-state index in [-0.39, 0.29) is 5.69 Å². The lowest BCUT2D eigenvalue weighted by atomic mass is 9.97. The Hall–Kier alpha value is -2.75. The van der Waals surface area contributed by atoms with Gasteiger partial charge in [0.25, 0.3) is 0 Å². The van der Waals surface area contributed by atoms with Gasteiger partial charge in [-0.05, 0) is 54.2 Å². The van der Waals surface area contributed by atoms with Gasteiger partial charge in [0.05, 0.1) is 19.3 Å². The largest absolute Gasteiger partial charge is 0.497 e. The molecule has 1 aliphatic carbocycles. The van der Waals surface area contributed by atoms with Gasteiger partial charge in [0, 0.05) is 12.4 Å². The van der Waals surface area contributed by atoms with E-state index in [0.717, 1.165) is 22.9 Å². The van der Waals surface area contributed by atoms with Crippen LogP contribution in [-0.4, -0.2) is 16.2 Å². The van der Waals surface area contributed by atoms with Crippen LogP contribution in [0, 0.1) is 0 Å². The van der Waals surface area contributed by atoms with Crippen LogP contribution < -0.4 is 10.4 Å². The molecule has 26 heavy (non-hydrogen) atoms. The molecule has 4 nitrogen and oxygen atoms in total. The molecule has 0 saturated heterocycles. The van der Waals surface area contributed by atoms with Crippen molar-refractivity contribution in [2.45, 2.75) is 38.1 Å². The minimum atomic E-state index is -0.0324. The lowest BCUT2D eigenvalue weighted by Crippen LogP contribution is -2.23. The fourth-order valence-electron chi connectivity index (χ4n) is 3.82. The number of methoxy groups -OCH3 is 1. The average Bonchev–Trinajstić information content (AvgIpc) is 3.34. The third kappa shape index (κ3) is 3.32. The zero-order valence-electron chi connectivity index (χ0n) is 15.1. The van der Waals surface area contributed by atoms with E-state index in [1.807, 2.05) is 36.7 Å². The molecule has 4 heteroatoms. The highest BCUT2D eigenvalue weighted by Gasteiger charge is 2.16. The summed E-state index contributed by atoms with van der Waals surface area (Å²) in [6.07, 6.45) is 8.98. The molecule has 3 aromatic rings. The summed E-state index contributed by atoms with van der Waals surface area (Å²) < 4.78 is 8.58. The van der Waals surface area contributed by atoms with Crippen molar-refractivity contribution in [2.24, 2.45) is 0 Å². The minimum absolute atomic E-state index is 0.0324. The zero-order chi connectivity index (χ0) is 17.9. The van der Waals surface area contributed by atoms with Crippen LogP contribution in [0.2, 0.25) is 0 Å². The van der Waals surface area contributed by atoms with Crippen LogP contribution in [0.3, 0.4) is 0 Å². The number of hydrogen-bond donors (Lipinski definition) is 0. The Balaban J connectivity index is 1.51. The van der Waals surface area contributed by atoms with Crippen molar-refractivity contribution in [3.63, 3.8) is 0 Å². The molecule has 0 radical (unpaired) electrons. The number of imidazole rings is 1. The zero-order valence-corrected chi connectivity index (χ0v) is 15.1. The fraction of sp³-hybridized carbons (Fsp3) is 0.318. The van der Waals surface area contributed by atoms with Crippen molar-refractivity contribution in [1.29, 1.82) is 0 Å². The molecule has 1 aliphatic rings. The van der Waals surface area contributed by atoms with E-state index < -0.39 is 0 Å². The summed E-state index contributed by atoms with van der Waals surface area (Å²) >= 11 is 0. The van der Waals surface area contributed by atoms with Gasteiger partial charge in [0.15, 0.2) is 0 Å². The van der Waals surface area contributed by atoms with Crippen LogP contribution in [0.4, 0.5) is 0 Å². The summed E-state index contributed by atoms with van der Waals surface area (Å²) in [7, 11) is 1.63. The summed E-state index contributed by atoms with van der Waals surface area (Å²) in [6.45, 7) is 0.590. The number of rotatable bonds is 5. The van der Waals surface area contributed by atoms with Crippen LogP contribution in [0.1, 0.15) is 42.7 Å². The van der Waals surface area contributed by atoms with E-state index in [0.29, 0.717) is 6.54 Å². The Bertz CT molecular complexity index is 914. The summed E-state index contributed by atoms with van der Waals surface area (Å²) in [6, 6.07) is 16.3. The Morgan fingerprint density at radius 2 is 1.65 bits per heavy atom. The van der Waals surface area contributed by atoms with Crippen LogP contribution in [0.5, 0.6) is 5.75 Å². The van der Waals surface area contributed by atoms with Crippen LogP contribution >= 0.6 is 0 Å². The molecule has 0 N–H and O–H groups in total. The Morgan fingerprint density at radius 3 is 2.31 bits per heavy atom. The van der Waals surface area contributed by atoms with Crippen LogP contribution in [0.15, 0.2) is 65.7 Å². The number of hydrogen-bond acceptors (Lipinski definition) is 2. The summed E-state index contributed by atoms with van der Waals surface area (Å²) in [5, 5.41) is 0. The molecule has 4 rings (SSSR count). The van der Waals surface area contributed by atoms with E-state index in [1.165, 1.54) is 31.2 Å². The lowest BCUT2D eigenvalue weighted by Gasteiger charge is -2.10. The molecule has 1 aromatic heterocycles. The first kappa shape index (κ1) is 16.7. The van der Waals surface area contributed by atoms with Crippen molar-refractivity contribution >= 4 is 0 Å². The van der Waals surface area contributed by atoms with Gasteiger partial charge in [-0.25, -0.2) is 4.79 Å². The maximum absolute atomic E-state index is 12.7. The molecule has 0 atom stereocenters. The minimum Gasteiger partial charge on any atom is -0.497 e. The topological polar surface area (TPSA) is 36.2 Å². The number of ether oxygens (including phenoxy) is 1. The Kier molecular flexibility index (Phi) is 4.65. The molecule has 0 bridgehead atoms. The van der Waals surface area contributed by atoms with E-state index in [4.69, 9.17) is 4.74 Å². The van der Waals surface area contributed by atoms with Gasteiger partial charge in [-0.3, -0.25) is 9.13 Å². The first-order valence-corrected chi connectivity index (χ1v) is 9.25. The second kappa shape index (κ2) is 7.24. The fourth-order valence-corrected chi connectivity index (χ4v) is 3.82. The SMILES string of the molecule is COc1ccc(-n2ccn(Cc3ccc(C4CCCC4)cc3)c2=O)cc1. The molecule has 1 fully saturated rings. The van der Waals surface area contributed by atoms with Crippen molar-refractivity contribution in [1.82, 2.24) is 9.13 Å². The highest BCUT2D eigenvalue weighted by atomic mass is 16.5. The quantitative estimate of drug-likeness (QED) is 0.687. The molecule has 2 aromatic carbocycles. The van der Waals surface area contributed by atoms with E-state index in [1.54, 1.807) is 16.2 Å². The molecule has 0 spiro atoms. The summed E-state index contributed by atoms with van der Waals surface area (Å²) in [4.78, 5) is 12.7. The van der Waals surface area contributed by atoms with Crippen LogP contribution in [-0.2, 0) is 6.54 Å². The molecule has 1 saturated carbocycles. The monoisotopic (exact) mass is 348 g/mol. The summed E-state index contributed by atoms with van der Waals surface area (Å²) in [5.41, 5.74) is 3.40. The lowest BCUT2D eigenvalue weighted by molar-refractivity contribution is 0.414. The molecule has 0 unspecified atom stereocenters. The molecule has 134 valence electrons.